The lowest BCUT2D eigenvalue weighted by Crippen LogP contribution is -2.30. The molecule has 2 aliphatic rings. The van der Waals surface area contributed by atoms with Crippen LogP contribution in [0.5, 0.6) is 0 Å². The first-order chi connectivity index (χ1) is 13.2. The van der Waals surface area contributed by atoms with E-state index in [-0.39, 0.29) is 5.91 Å². The molecule has 144 valence electrons. The van der Waals surface area contributed by atoms with Crippen molar-refractivity contribution < 1.29 is 9.90 Å². The molecule has 1 fully saturated rings. The van der Waals surface area contributed by atoms with Crippen LogP contribution >= 0.6 is 0 Å². The summed E-state index contributed by atoms with van der Waals surface area (Å²) in [6.07, 6.45) is 7.12. The Bertz CT molecular complexity index is 765. The van der Waals surface area contributed by atoms with Crippen molar-refractivity contribution in [2.24, 2.45) is 5.92 Å². The predicted octanol–water partition coefficient (Wildman–Crippen LogP) is 3.67. The molecule has 2 aromatic rings. The fourth-order valence-corrected chi connectivity index (χ4v) is 4.42. The van der Waals surface area contributed by atoms with E-state index >= 15 is 0 Å². The Morgan fingerprint density at radius 1 is 1.15 bits per heavy atom. The lowest BCUT2D eigenvalue weighted by molar-refractivity contribution is -0.132. The maximum atomic E-state index is 12.7. The molecule has 1 aromatic carbocycles. The van der Waals surface area contributed by atoms with E-state index in [2.05, 4.69) is 5.10 Å². The number of carbonyl (C=O) groups excluding carboxylic acids is 1. The van der Waals surface area contributed by atoms with Gasteiger partial charge < -0.3 is 10.0 Å². The molecule has 5 heteroatoms. The molecule has 1 N–H and O–H groups in total. The van der Waals surface area contributed by atoms with E-state index in [9.17, 15) is 9.90 Å². The smallest absolute Gasteiger partial charge is 0.222 e. The van der Waals surface area contributed by atoms with Gasteiger partial charge in [-0.1, -0.05) is 56.0 Å². The molecule has 0 spiro atoms. The van der Waals surface area contributed by atoms with Crippen molar-refractivity contribution in [3.8, 4) is 0 Å². The van der Waals surface area contributed by atoms with Crippen molar-refractivity contribution in [1.29, 1.82) is 0 Å². The summed E-state index contributed by atoms with van der Waals surface area (Å²) in [4.78, 5) is 14.7. The third-order valence-corrected chi connectivity index (χ3v) is 6.02. The average molecular weight is 367 g/mol. The monoisotopic (exact) mass is 367 g/mol. The van der Waals surface area contributed by atoms with Crippen molar-refractivity contribution >= 4 is 5.91 Å². The zero-order valence-electron chi connectivity index (χ0n) is 15.9. The maximum Gasteiger partial charge on any atom is 0.222 e. The SMILES string of the molecule is O=C(CCC1CCCC1)N1CCCn2nc(C(O)c3ccccc3)cc2C1. The molecule has 0 bridgehead atoms. The van der Waals surface area contributed by atoms with Crippen LogP contribution in [0.25, 0.3) is 0 Å². The van der Waals surface area contributed by atoms with E-state index in [1.165, 1.54) is 25.7 Å². The van der Waals surface area contributed by atoms with Gasteiger partial charge in [-0.15, -0.1) is 0 Å². The summed E-state index contributed by atoms with van der Waals surface area (Å²) in [6, 6.07) is 11.6. The summed E-state index contributed by atoms with van der Waals surface area (Å²) in [6.45, 7) is 2.19. The molecule has 1 aromatic heterocycles. The first-order valence-electron chi connectivity index (χ1n) is 10.3. The summed E-state index contributed by atoms with van der Waals surface area (Å²) in [5, 5.41) is 15.3. The van der Waals surface area contributed by atoms with Crippen LogP contribution in [-0.2, 0) is 17.9 Å². The Hall–Kier alpha value is -2.14. The number of benzene rings is 1. The second kappa shape index (κ2) is 8.26. The molecular formula is C22H29N3O2. The van der Waals surface area contributed by atoms with Crippen LogP contribution in [0, 0.1) is 5.92 Å². The van der Waals surface area contributed by atoms with Gasteiger partial charge in [0.2, 0.25) is 5.91 Å². The third kappa shape index (κ3) is 4.24. The van der Waals surface area contributed by atoms with Gasteiger partial charge in [-0.3, -0.25) is 9.48 Å². The van der Waals surface area contributed by atoms with Crippen molar-refractivity contribution in [2.45, 2.75) is 64.1 Å². The first kappa shape index (κ1) is 18.2. The van der Waals surface area contributed by atoms with Gasteiger partial charge in [0.25, 0.3) is 0 Å². The maximum absolute atomic E-state index is 12.7. The zero-order chi connectivity index (χ0) is 18.6. The highest BCUT2D eigenvalue weighted by Gasteiger charge is 2.24. The average Bonchev–Trinajstić information content (AvgIpc) is 3.32. The van der Waals surface area contributed by atoms with Crippen LogP contribution in [0.4, 0.5) is 0 Å². The summed E-state index contributed by atoms with van der Waals surface area (Å²) >= 11 is 0. The molecular weight excluding hydrogens is 338 g/mol. The van der Waals surface area contributed by atoms with Crippen LogP contribution in [0.15, 0.2) is 36.4 Å². The van der Waals surface area contributed by atoms with Crippen molar-refractivity contribution in [3.05, 3.63) is 53.3 Å². The quantitative estimate of drug-likeness (QED) is 0.877. The fraction of sp³-hybridized carbons (Fsp3) is 0.545. The van der Waals surface area contributed by atoms with Gasteiger partial charge in [0.15, 0.2) is 0 Å². The van der Waals surface area contributed by atoms with E-state index in [0.717, 1.165) is 43.1 Å². The fourth-order valence-electron chi connectivity index (χ4n) is 4.42. The molecule has 1 saturated carbocycles. The molecule has 4 rings (SSSR count). The third-order valence-electron chi connectivity index (χ3n) is 6.02. The van der Waals surface area contributed by atoms with Crippen LogP contribution in [0.2, 0.25) is 0 Å². The zero-order valence-corrected chi connectivity index (χ0v) is 15.9. The number of aryl methyl sites for hydroxylation is 1. The minimum absolute atomic E-state index is 0.265. The van der Waals surface area contributed by atoms with Crippen molar-refractivity contribution in [2.75, 3.05) is 6.54 Å². The minimum atomic E-state index is -0.725. The number of rotatable bonds is 5. The van der Waals surface area contributed by atoms with Gasteiger partial charge >= 0.3 is 0 Å². The highest BCUT2D eigenvalue weighted by molar-refractivity contribution is 5.76. The molecule has 0 radical (unpaired) electrons. The van der Waals surface area contributed by atoms with E-state index in [1.807, 2.05) is 46.0 Å². The van der Waals surface area contributed by atoms with E-state index in [4.69, 9.17) is 0 Å². The largest absolute Gasteiger partial charge is 0.382 e. The minimum Gasteiger partial charge on any atom is -0.382 e. The number of nitrogens with zero attached hydrogens (tertiary/aromatic N) is 3. The lowest BCUT2D eigenvalue weighted by atomic mass is 10.0. The topological polar surface area (TPSA) is 58.4 Å². The van der Waals surface area contributed by atoms with E-state index in [0.29, 0.717) is 18.7 Å². The highest BCUT2D eigenvalue weighted by atomic mass is 16.3. The number of hydrogen-bond acceptors (Lipinski definition) is 3. The number of amides is 1. The van der Waals surface area contributed by atoms with Crippen molar-refractivity contribution in [3.63, 3.8) is 0 Å². The van der Waals surface area contributed by atoms with Gasteiger partial charge in [0.1, 0.15) is 6.10 Å². The summed E-state index contributed by atoms with van der Waals surface area (Å²) in [7, 11) is 0. The first-order valence-corrected chi connectivity index (χ1v) is 10.3. The van der Waals surface area contributed by atoms with E-state index in [1.54, 1.807) is 0 Å². The van der Waals surface area contributed by atoms with Gasteiger partial charge in [-0.25, -0.2) is 0 Å². The van der Waals surface area contributed by atoms with Gasteiger partial charge in [0, 0.05) is 19.5 Å². The standard InChI is InChI=1S/C22H29N3O2/c26-21(12-11-17-7-4-5-8-17)24-13-6-14-25-19(16-24)15-20(23-25)22(27)18-9-2-1-3-10-18/h1-3,9-10,15,17,22,27H,4-8,11-14,16H2. The molecule has 2 heterocycles. The van der Waals surface area contributed by atoms with Gasteiger partial charge in [-0.2, -0.15) is 5.10 Å². The Balaban J connectivity index is 1.42. The molecule has 1 atom stereocenters. The normalized spacial score (nSPS) is 18.9. The Morgan fingerprint density at radius 2 is 1.93 bits per heavy atom. The van der Waals surface area contributed by atoms with Crippen LogP contribution in [0.3, 0.4) is 0 Å². The second-order valence-corrected chi connectivity index (χ2v) is 7.95. The number of carbonyl (C=O) groups is 1. The Morgan fingerprint density at radius 3 is 2.70 bits per heavy atom. The Labute approximate surface area is 161 Å². The van der Waals surface area contributed by atoms with Crippen LogP contribution < -0.4 is 0 Å². The van der Waals surface area contributed by atoms with Crippen LogP contribution in [0.1, 0.15) is 68.0 Å². The number of aromatic nitrogens is 2. The van der Waals surface area contributed by atoms with Gasteiger partial charge in [-0.05, 0) is 30.4 Å². The summed E-state index contributed by atoms with van der Waals surface area (Å²) < 4.78 is 1.96. The molecule has 27 heavy (non-hydrogen) atoms. The lowest BCUT2D eigenvalue weighted by Gasteiger charge is -2.21. The van der Waals surface area contributed by atoms with Crippen molar-refractivity contribution in [1.82, 2.24) is 14.7 Å². The van der Waals surface area contributed by atoms with E-state index < -0.39 is 6.10 Å². The second-order valence-electron chi connectivity index (χ2n) is 7.95. The molecule has 5 nitrogen and oxygen atoms in total. The Kier molecular flexibility index (Phi) is 5.58. The number of aliphatic hydroxyl groups excluding tert-OH is 1. The molecule has 0 saturated heterocycles. The van der Waals surface area contributed by atoms with Crippen LogP contribution in [-0.4, -0.2) is 32.2 Å². The predicted molar refractivity (Wildman–Crippen MR) is 104 cm³/mol. The molecule has 1 aliphatic carbocycles. The number of hydrogen-bond donors (Lipinski definition) is 1. The van der Waals surface area contributed by atoms with Gasteiger partial charge in [0.05, 0.1) is 17.9 Å². The molecule has 1 unspecified atom stereocenters. The molecule has 1 aliphatic heterocycles. The number of aliphatic hydroxyl groups is 1. The summed E-state index contributed by atoms with van der Waals surface area (Å²) in [5.41, 5.74) is 2.53. The highest BCUT2D eigenvalue weighted by Crippen LogP contribution is 2.29. The molecule has 1 amide bonds. The summed E-state index contributed by atoms with van der Waals surface area (Å²) in [5.74, 6) is 1.01. The number of fused-ring (bicyclic) bond motifs is 1.